The molecule has 8 atom stereocenters. The highest BCUT2D eigenvalue weighted by Crippen LogP contribution is 2.67. The van der Waals surface area contributed by atoms with Gasteiger partial charge in [0.1, 0.15) is 5.69 Å². The van der Waals surface area contributed by atoms with Crippen LogP contribution in [0.2, 0.25) is 0 Å². The first-order valence-corrected chi connectivity index (χ1v) is 15.7. The van der Waals surface area contributed by atoms with E-state index in [4.69, 9.17) is 0 Å². The second-order valence-corrected chi connectivity index (χ2v) is 13.9. The predicted molar refractivity (Wildman–Crippen MR) is 161 cm³/mol. The number of hydrogen-bond donors (Lipinski definition) is 3. The molecule has 1 amide bonds. The lowest BCUT2D eigenvalue weighted by molar-refractivity contribution is -0.393. The number of anilines is 1. The van der Waals surface area contributed by atoms with Gasteiger partial charge in [-0.3, -0.25) is 25.0 Å². The summed E-state index contributed by atoms with van der Waals surface area (Å²) < 4.78 is 0. The van der Waals surface area contributed by atoms with Gasteiger partial charge in [-0.05, 0) is 104 Å². The van der Waals surface area contributed by atoms with Crippen molar-refractivity contribution < 1.29 is 19.7 Å². The normalized spacial score (nSPS) is 34.3. The Morgan fingerprint density at radius 1 is 1.07 bits per heavy atom. The molecule has 1 aromatic carbocycles. The average Bonchev–Trinajstić information content (AvgIpc) is 3.31. The van der Waals surface area contributed by atoms with Crippen molar-refractivity contribution in [2.24, 2.45) is 40.4 Å². The number of hydrogen-bond acceptors (Lipinski definition) is 7. The number of aliphatic hydroxyl groups is 1. The van der Waals surface area contributed by atoms with Crippen LogP contribution in [-0.2, 0) is 4.79 Å². The second-order valence-electron chi connectivity index (χ2n) is 13.9. The van der Waals surface area contributed by atoms with Crippen LogP contribution in [0.5, 0.6) is 0 Å². The highest BCUT2D eigenvalue weighted by atomic mass is 16.6. The van der Waals surface area contributed by atoms with Crippen LogP contribution in [0.4, 0.5) is 17.1 Å². The molecule has 3 N–H and O–H groups in total. The van der Waals surface area contributed by atoms with Crippen LogP contribution >= 0.6 is 0 Å². The molecule has 2 unspecified atom stereocenters. The van der Waals surface area contributed by atoms with Crippen molar-refractivity contribution in [2.75, 3.05) is 18.4 Å². The molecular formula is C32H46N4O6. The number of benzene rings is 1. The third-order valence-corrected chi connectivity index (χ3v) is 11.8. The summed E-state index contributed by atoms with van der Waals surface area (Å²) >= 11 is 0. The van der Waals surface area contributed by atoms with E-state index in [1.165, 1.54) is 43.4 Å². The molecule has 1 aromatic rings. The van der Waals surface area contributed by atoms with Crippen molar-refractivity contribution in [3.63, 3.8) is 0 Å². The minimum atomic E-state index is -0.665. The number of fused-ring (bicyclic) bond motifs is 5. The van der Waals surface area contributed by atoms with E-state index in [1.54, 1.807) is 0 Å². The van der Waals surface area contributed by atoms with E-state index < -0.39 is 9.85 Å². The Morgan fingerprint density at radius 2 is 1.86 bits per heavy atom. The van der Waals surface area contributed by atoms with Gasteiger partial charge in [-0.1, -0.05) is 32.4 Å². The zero-order valence-electron chi connectivity index (χ0n) is 25.1. The van der Waals surface area contributed by atoms with E-state index in [2.05, 4.69) is 37.5 Å². The number of nitrogens with one attached hydrogen (secondary N) is 2. The highest BCUT2D eigenvalue weighted by Gasteiger charge is 2.59. The first kappa shape index (κ1) is 30.4. The first-order chi connectivity index (χ1) is 19.9. The molecule has 0 bridgehead atoms. The maximum atomic E-state index is 12.7. The molecule has 5 rings (SSSR count). The molecule has 4 aliphatic rings. The van der Waals surface area contributed by atoms with E-state index in [0.717, 1.165) is 55.9 Å². The minimum absolute atomic E-state index is 0.0254. The van der Waals surface area contributed by atoms with Crippen molar-refractivity contribution in [1.29, 1.82) is 0 Å². The summed E-state index contributed by atoms with van der Waals surface area (Å²) in [5.41, 5.74) is 1.57. The monoisotopic (exact) mass is 582 g/mol. The van der Waals surface area contributed by atoms with Crippen LogP contribution in [0.1, 0.15) is 85.0 Å². The van der Waals surface area contributed by atoms with Gasteiger partial charge in [0.05, 0.1) is 22.0 Å². The Labute approximate surface area is 248 Å². The van der Waals surface area contributed by atoms with Gasteiger partial charge in [0.25, 0.3) is 11.4 Å². The third kappa shape index (κ3) is 5.66. The van der Waals surface area contributed by atoms with Crippen molar-refractivity contribution >= 4 is 23.0 Å². The van der Waals surface area contributed by atoms with Gasteiger partial charge >= 0.3 is 0 Å². The van der Waals surface area contributed by atoms with Gasteiger partial charge in [0, 0.05) is 25.6 Å². The quantitative estimate of drug-likeness (QED) is 0.125. The van der Waals surface area contributed by atoms with Crippen LogP contribution in [0.25, 0.3) is 0 Å². The molecule has 0 saturated heterocycles. The molecule has 0 aromatic heterocycles. The molecule has 42 heavy (non-hydrogen) atoms. The number of nitro benzene ring substituents is 2. The zero-order chi connectivity index (χ0) is 30.2. The lowest BCUT2D eigenvalue weighted by Gasteiger charge is -2.58. The number of allylic oxidation sites excluding steroid dienone is 1. The summed E-state index contributed by atoms with van der Waals surface area (Å²) in [5.74, 6) is 3.23. The van der Waals surface area contributed by atoms with Gasteiger partial charge in [0.15, 0.2) is 0 Å². The minimum Gasteiger partial charge on any atom is -0.393 e. The molecule has 230 valence electrons. The maximum absolute atomic E-state index is 12.7. The van der Waals surface area contributed by atoms with Gasteiger partial charge in [-0.2, -0.15) is 0 Å². The van der Waals surface area contributed by atoms with Crippen molar-refractivity contribution in [1.82, 2.24) is 5.32 Å². The first-order valence-electron chi connectivity index (χ1n) is 15.7. The molecule has 0 radical (unpaired) electrons. The van der Waals surface area contributed by atoms with Crippen LogP contribution in [0.3, 0.4) is 0 Å². The van der Waals surface area contributed by atoms with Crippen LogP contribution in [0.15, 0.2) is 29.8 Å². The lowest BCUT2D eigenvalue weighted by atomic mass is 9.47. The fourth-order valence-corrected chi connectivity index (χ4v) is 9.60. The zero-order valence-corrected chi connectivity index (χ0v) is 25.1. The molecule has 0 heterocycles. The van der Waals surface area contributed by atoms with Gasteiger partial charge in [-0.25, -0.2) is 0 Å². The van der Waals surface area contributed by atoms with E-state index in [-0.39, 0.29) is 41.0 Å². The van der Waals surface area contributed by atoms with Crippen LogP contribution < -0.4 is 10.6 Å². The van der Waals surface area contributed by atoms with E-state index in [1.807, 2.05) is 0 Å². The van der Waals surface area contributed by atoms with E-state index in [9.17, 15) is 30.1 Å². The topological polar surface area (TPSA) is 148 Å². The molecule has 4 aliphatic carbocycles. The van der Waals surface area contributed by atoms with Crippen molar-refractivity contribution in [2.45, 2.75) is 91.1 Å². The number of aliphatic hydroxyl groups excluding tert-OH is 1. The van der Waals surface area contributed by atoms with Gasteiger partial charge in [0.2, 0.25) is 5.91 Å². The largest absolute Gasteiger partial charge is 0.393 e. The fraction of sp³-hybridized carbons (Fsp3) is 0.719. The molecule has 10 nitrogen and oxygen atoms in total. The summed E-state index contributed by atoms with van der Waals surface area (Å²) in [5, 5.41) is 38.4. The molecule has 0 aliphatic heterocycles. The number of nitrogens with zero attached hydrogens (tertiary/aromatic N) is 2. The Morgan fingerprint density at radius 3 is 2.60 bits per heavy atom. The van der Waals surface area contributed by atoms with Crippen molar-refractivity contribution in [3.05, 3.63) is 50.1 Å². The van der Waals surface area contributed by atoms with Gasteiger partial charge < -0.3 is 15.7 Å². The smallest absolute Gasteiger partial charge is 0.299 e. The maximum Gasteiger partial charge on any atom is 0.299 e. The number of carbonyl (C=O) groups is 1. The Bertz CT molecular complexity index is 1250. The van der Waals surface area contributed by atoms with Crippen LogP contribution in [-0.4, -0.2) is 40.1 Å². The lowest BCUT2D eigenvalue weighted by Crippen LogP contribution is -2.50. The fourth-order valence-electron chi connectivity index (χ4n) is 9.60. The number of amides is 1. The van der Waals surface area contributed by atoms with E-state index >= 15 is 0 Å². The number of rotatable bonds is 10. The highest BCUT2D eigenvalue weighted by molar-refractivity contribution is 5.76. The number of carbonyl (C=O) groups excluding carboxylic acids is 1. The summed E-state index contributed by atoms with van der Waals surface area (Å²) in [6.07, 6.45) is 12.7. The Balaban J connectivity index is 1.10. The Kier molecular flexibility index (Phi) is 8.65. The second kappa shape index (κ2) is 11.9. The summed E-state index contributed by atoms with van der Waals surface area (Å²) in [6, 6.07) is 3.48. The SMILES string of the molecule is C[C@H](CCC(=O)NCCNc1ccc([N+](=O)[O-])cc1[N+](=O)[O-])[C@H]1CC[C@H]2C3CC=C4C[C@@H](O)CC[C@]4(C)[C@H]3CCC12C. The summed E-state index contributed by atoms with van der Waals surface area (Å²) in [6.45, 7) is 7.89. The standard InChI is InChI=1S/C32H46N4O6/c1-20(4-11-30(38)34-17-16-33-28-10-6-22(35(39)40)19-29(28)36(41)42)25-8-9-26-24-7-5-21-18-23(37)12-14-31(21,2)27(24)13-15-32(25,26)3/h5-6,10,19-20,23-27,33,37H,4,7-9,11-18H2,1-3H3,(H,34,38)/t20-,23+,24?,25-,26+,27+,31+,32?/m1/s1. The number of non-ortho nitro benzene ring substituents is 1. The molecule has 0 spiro atoms. The Hall–Kier alpha value is -3.01. The molecule has 10 heteroatoms. The number of nitro groups is 2. The third-order valence-electron chi connectivity index (χ3n) is 11.8. The summed E-state index contributed by atoms with van der Waals surface area (Å²) in [7, 11) is 0. The van der Waals surface area contributed by atoms with Gasteiger partial charge in [-0.15, -0.1) is 0 Å². The van der Waals surface area contributed by atoms with E-state index in [0.29, 0.717) is 30.2 Å². The molecule has 3 saturated carbocycles. The molecule has 3 fully saturated rings. The van der Waals surface area contributed by atoms with Crippen molar-refractivity contribution in [3.8, 4) is 0 Å². The van der Waals surface area contributed by atoms with Crippen LogP contribution in [0, 0.1) is 60.6 Å². The molecular weight excluding hydrogens is 536 g/mol. The summed E-state index contributed by atoms with van der Waals surface area (Å²) in [4.78, 5) is 33.6. The predicted octanol–water partition coefficient (Wildman–Crippen LogP) is 6.39. The average molecular weight is 583 g/mol.